The lowest BCUT2D eigenvalue weighted by molar-refractivity contribution is -0.115. The first-order chi connectivity index (χ1) is 20.2. The Kier molecular flexibility index (Phi) is 10.4. The zero-order valence-corrected chi connectivity index (χ0v) is 25.2. The highest BCUT2D eigenvalue weighted by molar-refractivity contribution is 9.10. The molecule has 0 aliphatic rings. The Labute approximate surface area is 256 Å². The maximum Gasteiger partial charge on any atom is 0.272 e. The van der Waals surface area contributed by atoms with Gasteiger partial charge in [-0.1, -0.05) is 36.4 Å². The van der Waals surface area contributed by atoms with E-state index in [1.54, 1.807) is 61.5 Å². The molecule has 0 aliphatic carbocycles. The van der Waals surface area contributed by atoms with Gasteiger partial charge in [0.15, 0.2) is 0 Å². The van der Waals surface area contributed by atoms with Crippen molar-refractivity contribution in [2.24, 2.45) is 0 Å². The first-order valence-corrected chi connectivity index (χ1v) is 14.5. The Bertz CT molecular complexity index is 1630. The van der Waals surface area contributed by atoms with Crippen LogP contribution in [-0.4, -0.2) is 35.2 Å². The molecule has 4 aromatic rings. The normalized spacial score (nSPS) is 11.7. The molecule has 0 bridgehead atoms. The number of phenolic OH excluding ortho intramolecular Hbond substituents is 1. The fourth-order valence-electron chi connectivity index (χ4n) is 3.82. The molecule has 4 aromatic carbocycles. The minimum atomic E-state index is -0.573. The Hall–Kier alpha value is -4.54. The molecule has 0 aliphatic heterocycles. The molecule has 0 radical (unpaired) electrons. The molecule has 4 N–H and O–H groups in total. The Morgan fingerprint density at radius 2 is 1.64 bits per heavy atom. The third kappa shape index (κ3) is 8.25. The number of para-hydroxylation sites is 1. The smallest absolute Gasteiger partial charge is 0.272 e. The quantitative estimate of drug-likeness (QED) is 0.113. The van der Waals surface area contributed by atoms with Crippen LogP contribution in [0.3, 0.4) is 0 Å². The van der Waals surface area contributed by atoms with E-state index in [2.05, 4.69) is 31.9 Å². The van der Waals surface area contributed by atoms with E-state index in [-0.39, 0.29) is 17.4 Å². The number of carbonyl (C=O) groups is 3. The van der Waals surface area contributed by atoms with Crippen LogP contribution in [0.1, 0.15) is 22.8 Å². The van der Waals surface area contributed by atoms with Crippen LogP contribution in [0.25, 0.3) is 6.08 Å². The van der Waals surface area contributed by atoms with Gasteiger partial charge < -0.3 is 25.8 Å². The van der Waals surface area contributed by atoms with Crippen LogP contribution < -0.4 is 20.7 Å². The Morgan fingerprint density at radius 1 is 0.905 bits per heavy atom. The van der Waals surface area contributed by atoms with E-state index in [0.717, 1.165) is 9.37 Å². The van der Waals surface area contributed by atoms with Crippen molar-refractivity contribution in [2.45, 2.75) is 17.1 Å². The van der Waals surface area contributed by atoms with Crippen molar-refractivity contribution < 1.29 is 24.2 Å². The Balaban J connectivity index is 1.52. The molecule has 10 heteroatoms. The van der Waals surface area contributed by atoms with Crippen molar-refractivity contribution in [2.75, 3.05) is 17.7 Å². The molecule has 8 nitrogen and oxygen atoms in total. The van der Waals surface area contributed by atoms with Gasteiger partial charge in [-0.3, -0.25) is 14.4 Å². The van der Waals surface area contributed by atoms with E-state index in [1.807, 2.05) is 30.3 Å². The van der Waals surface area contributed by atoms with Crippen LogP contribution in [0.15, 0.2) is 112 Å². The summed E-state index contributed by atoms with van der Waals surface area (Å²) in [6.45, 7) is 1.80. The molecule has 3 amide bonds. The highest BCUT2D eigenvalue weighted by atomic mass is 79.9. The number of thioether (sulfide) groups is 1. The van der Waals surface area contributed by atoms with Gasteiger partial charge in [-0.15, -0.1) is 11.8 Å². The number of anilines is 2. The van der Waals surface area contributed by atoms with E-state index in [4.69, 9.17) is 4.74 Å². The molecular weight excluding hydrogens is 618 g/mol. The van der Waals surface area contributed by atoms with E-state index >= 15 is 0 Å². The molecule has 0 saturated heterocycles. The van der Waals surface area contributed by atoms with Gasteiger partial charge in [0.1, 0.15) is 17.2 Å². The number of amides is 3. The highest BCUT2D eigenvalue weighted by Crippen LogP contribution is 2.29. The molecule has 42 heavy (non-hydrogen) atoms. The predicted molar refractivity (Wildman–Crippen MR) is 170 cm³/mol. The average Bonchev–Trinajstić information content (AvgIpc) is 2.99. The van der Waals surface area contributed by atoms with Gasteiger partial charge in [-0.25, -0.2) is 0 Å². The number of ether oxygens (including phenoxy) is 1. The summed E-state index contributed by atoms with van der Waals surface area (Å²) in [5.74, 6) is -0.891. The summed E-state index contributed by atoms with van der Waals surface area (Å²) in [5, 5.41) is 17.8. The molecule has 4 rings (SSSR count). The molecule has 0 aromatic heterocycles. The number of phenols is 1. The number of aromatic hydroxyl groups is 1. The summed E-state index contributed by atoms with van der Waals surface area (Å²) in [6, 6.07) is 27.4. The second kappa shape index (κ2) is 14.4. The van der Waals surface area contributed by atoms with Crippen molar-refractivity contribution in [3.63, 3.8) is 0 Å². The monoisotopic (exact) mass is 645 g/mol. The minimum absolute atomic E-state index is 0.00282. The number of halogens is 1. The SMILES string of the molecule is COc1cc(O)ccc1/C=C(/NC(=O)c1ccccc1)C(=O)Nc1cccc(SC(C)C(=O)Nc2ccccc2Br)c1. The van der Waals surface area contributed by atoms with Crippen LogP contribution in [0.5, 0.6) is 11.5 Å². The topological polar surface area (TPSA) is 117 Å². The van der Waals surface area contributed by atoms with Crippen LogP contribution >= 0.6 is 27.7 Å². The predicted octanol–water partition coefficient (Wildman–Crippen LogP) is 6.69. The average molecular weight is 647 g/mol. The van der Waals surface area contributed by atoms with Crippen LogP contribution in [-0.2, 0) is 9.59 Å². The maximum atomic E-state index is 13.5. The van der Waals surface area contributed by atoms with Gasteiger partial charge >= 0.3 is 0 Å². The van der Waals surface area contributed by atoms with Gasteiger partial charge in [0, 0.05) is 32.2 Å². The molecule has 214 valence electrons. The number of hydrogen-bond acceptors (Lipinski definition) is 6. The lowest BCUT2D eigenvalue weighted by atomic mass is 10.1. The van der Waals surface area contributed by atoms with Crippen LogP contribution in [0.4, 0.5) is 11.4 Å². The molecule has 0 fully saturated rings. The van der Waals surface area contributed by atoms with E-state index in [0.29, 0.717) is 28.3 Å². The first kappa shape index (κ1) is 30.4. The zero-order chi connectivity index (χ0) is 30.1. The lowest BCUT2D eigenvalue weighted by Gasteiger charge is -2.15. The van der Waals surface area contributed by atoms with Crippen molar-refractivity contribution in [1.82, 2.24) is 5.32 Å². The summed E-state index contributed by atoms with van der Waals surface area (Å²) >= 11 is 4.77. The van der Waals surface area contributed by atoms with Crippen molar-refractivity contribution in [1.29, 1.82) is 0 Å². The third-order valence-electron chi connectivity index (χ3n) is 5.95. The number of methoxy groups -OCH3 is 1. The van der Waals surface area contributed by atoms with E-state index in [9.17, 15) is 19.5 Å². The summed E-state index contributed by atoms with van der Waals surface area (Å²) in [7, 11) is 1.44. The minimum Gasteiger partial charge on any atom is -0.508 e. The largest absolute Gasteiger partial charge is 0.508 e. The van der Waals surface area contributed by atoms with Gasteiger partial charge in [0.2, 0.25) is 5.91 Å². The van der Waals surface area contributed by atoms with Crippen molar-refractivity contribution in [3.8, 4) is 11.5 Å². The highest BCUT2D eigenvalue weighted by Gasteiger charge is 2.18. The zero-order valence-electron chi connectivity index (χ0n) is 22.8. The molecule has 1 atom stereocenters. The molecule has 0 saturated carbocycles. The third-order valence-corrected chi connectivity index (χ3v) is 7.74. The summed E-state index contributed by atoms with van der Waals surface area (Å²) < 4.78 is 6.13. The van der Waals surface area contributed by atoms with Gasteiger partial charge in [-0.2, -0.15) is 0 Å². The lowest BCUT2D eigenvalue weighted by Crippen LogP contribution is -2.30. The van der Waals surface area contributed by atoms with E-state index < -0.39 is 17.1 Å². The fourth-order valence-corrected chi connectivity index (χ4v) is 5.13. The van der Waals surface area contributed by atoms with E-state index in [1.165, 1.54) is 37.1 Å². The van der Waals surface area contributed by atoms with Crippen LogP contribution in [0.2, 0.25) is 0 Å². The second-order valence-corrected chi connectivity index (χ2v) is 11.3. The standard InChI is InChI=1S/C32H28BrN3O5S/c1-20(30(38)35-27-14-7-6-13-26(27)33)42-25-12-8-11-23(18-25)34-32(40)28(36-31(39)21-9-4-3-5-10-21)17-22-15-16-24(37)19-29(22)41-2/h3-20,37H,1-2H3,(H,34,40)(H,35,38)(H,36,39)/b28-17+. The number of benzene rings is 4. The Morgan fingerprint density at radius 3 is 2.38 bits per heavy atom. The summed E-state index contributed by atoms with van der Waals surface area (Å²) in [4.78, 5) is 40.0. The molecular formula is C32H28BrN3O5S. The van der Waals surface area contributed by atoms with Gasteiger partial charge in [0.05, 0.1) is 18.0 Å². The van der Waals surface area contributed by atoms with Gasteiger partial charge in [0.25, 0.3) is 11.8 Å². The number of rotatable bonds is 10. The van der Waals surface area contributed by atoms with Crippen molar-refractivity contribution >= 4 is 62.9 Å². The number of carbonyl (C=O) groups excluding carboxylic acids is 3. The fraction of sp³-hybridized carbons (Fsp3) is 0.0938. The molecule has 0 heterocycles. The molecule has 1 unspecified atom stereocenters. The van der Waals surface area contributed by atoms with Gasteiger partial charge in [-0.05, 0) is 83.5 Å². The molecule has 0 spiro atoms. The van der Waals surface area contributed by atoms with Crippen LogP contribution in [0, 0.1) is 0 Å². The second-order valence-electron chi connectivity index (χ2n) is 9.02. The number of nitrogens with one attached hydrogen (secondary N) is 3. The summed E-state index contributed by atoms with van der Waals surface area (Å²) in [6.07, 6.45) is 1.47. The maximum absolute atomic E-state index is 13.5. The summed E-state index contributed by atoms with van der Waals surface area (Å²) in [5.41, 5.74) is 1.97. The number of hydrogen-bond donors (Lipinski definition) is 4. The first-order valence-electron chi connectivity index (χ1n) is 12.8. The van der Waals surface area contributed by atoms with Crippen molar-refractivity contribution in [3.05, 3.63) is 118 Å².